The van der Waals surface area contributed by atoms with Crippen molar-refractivity contribution in [1.29, 1.82) is 0 Å². The van der Waals surface area contributed by atoms with Crippen LogP contribution in [-0.2, 0) is 11.1 Å². The summed E-state index contributed by atoms with van der Waals surface area (Å²) < 4.78 is 12.0. The molecule has 0 heterocycles. The molecule has 128 valence electrons. The van der Waals surface area contributed by atoms with Crippen molar-refractivity contribution in [2.75, 3.05) is 5.32 Å². The Morgan fingerprint density at radius 1 is 1.12 bits per heavy atom. The van der Waals surface area contributed by atoms with Gasteiger partial charge in [0.2, 0.25) is 0 Å². The molecule has 0 spiro atoms. The van der Waals surface area contributed by atoms with E-state index < -0.39 is 13.6 Å². The third-order valence-electron chi connectivity index (χ3n) is 2.96. The van der Waals surface area contributed by atoms with Crippen molar-refractivity contribution in [3.05, 3.63) is 56.5 Å². The highest BCUT2D eigenvalue weighted by molar-refractivity contribution is 9.10. The van der Waals surface area contributed by atoms with Crippen LogP contribution in [0.4, 0.5) is 10.5 Å². The summed E-state index contributed by atoms with van der Waals surface area (Å²) in [7, 11) is -4.53. The van der Waals surface area contributed by atoms with Crippen molar-refractivity contribution in [3.8, 4) is 0 Å². The second-order valence-electron chi connectivity index (χ2n) is 4.76. The molecular formula is C14H12BrCl2N2O4P. The number of hydrogen-bond acceptors (Lipinski definition) is 2. The van der Waals surface area contributed by atoms with E-state index in [0.717, 1.165) is 5.56 Å². The smallest absolute Gasteiger partial charge is 0.334 e. The molecule has 6 nitrogen and oxygen atoms in total. The van der Waals surface area contributed by atoms with Crippen LogP contribution in [0.25, 0.3) is 0 Å². The summed E-state index contributed by atoms with van der Waals surface area (Å²) in [5, 5.41) is 5.49. The second kappa shape index (κ2) is 7.87. The fraction of sp³-hybridized carbons (Fsp3) is 0.0714. The largest absolute Gasteiger partial charge is 0.358 e. The maximum absolute atomic E-state index is 12.0. The number of anilines is 1. The number of nitrogens with one attached hydrogen (secondary N) is 2. The average Bonchev–Trinajstić information content (AvgIpc) is 2.49. The first-order chi connectivity index (χ1) is 11.2. The van der Waals surface area contributed by atoms with Crippen LogP contribution in [-0.4, -0.2) is 15.8 Å². The van der Waals surface area contributed by atoms with E-state index in [9.17, 15) is 19.1 Å². The number of hydrogen-bond donors (Lipinski definition) is 4. The van der Waals surface area contributed by atoms with Gasteiger partial charge in [0.05, 0.1) is 21.0 Å². The lowest BCUT2D eigenvalue weighted by Crippen LogP contribution is -2.30. The van der Waals surface area contributed by atoms with E-state index >= 15 is 0 Å². The lowest BCUT2D eigenvalue weighted by molar-refractivity contribution is 0.252. The fourth-order valence-corrected chi connectivity index (χ4v) is 3.46. The zero-order valence-corrected chi connectivity index (χ0v) is 16.0. The summed E-state index contributed by atoms with van der Waals surface area (Å²) in [4.78, 5) is 30.7. The molecule has 24 heavy (non-hydrogen) atoms. The molecule has 0 aliphatic rings. The monoisotopic (exact) mass is 452 g/mol. The van der Waals surface area contributed by atoms with Crippen LogP contribution >= 0.6 is 46.7 Å². The number of halogens is 3. The molecule has 2 aromatic carbocycles. The Kier molecular flexibility index (Phi) is 6.31. The summed E-state index contributed by atoms with van der Waals surface area (Å²) >= 11 is 14.8. The van der Waals surface area contributed by atoms with Crippen molar-refractivity contribution in [3.63, 3.8) is 0 Å². The SMILES string of the molecule is O=C(NCc1ccc(Cl)c(Cl)c1)Nc1ccc(Br)cc1P(=O)(O)O. The molecule has 4 N–H and O–H groups in total. The third-order valence-corrected chi connectivity index (χ3v) is 5.19. The number of rotatable bonds is 4. The van der Waals surface area contributed by atoms with E-state index in [0.29, 0.717) is 14.5 Å². The molecular weight excluding hydrogens is 442 g/mol. The molecule has 0 aromatic heterocycles. The molecule has 0 atom stereocenters. The maximum Gasteiger partial charge on any atom is 0.358 e. The molecule has 10 heteroatoms. The van der Waals surface area contributed by atoms with Gasteiger partial charge in [-0.2, -0.15) is 0 Å². The molecule has 0 radical (unpaired) electrons. The quantitative estimate of drug-likeness (QED) is 0.528. The fourth-order valence-electron chi connectivity index (χ4n) is 1.85. The number of amides is 2. The van der Waals surface area contributed by atoms with Gasteiger partial charge in [0.25, 0.3) is 0 Å². The summed E-state index contributed by atoms with van der Waals surface area (Å²) in [5.41, 5.74) is 0.753. The van der Waals surface area contributed by atoms with Gasteiger partial charge in [0.15, 0.2) is 0 Å². The molecule has 0 saturated carbocycles. The summed E-state index contributed by atoms with van der Waals surface area (Å²) in [5.74, 6) is 0. The zero-order chi connectivity index (χ0) is 17.9. The molecule has 0 saturated heterocycles. The first-order valence-electron chi connectivity index (χ1n) is 6.51. The van der Waals surface area contributed by atoms with Crippen molar-refractivity contribution in [1.82, 2.24) is 5.32 Å². The van der Waals surface area contributed by atoms with Gasteiger partial charge in [-0.15, -0.1) is 0 Å². The zero-order valence-electron chi connectivity index (χ0n) is 12.0. The van der Waals surface area contributed by atoms with E-state index in [4.69, 9.17) is 23.2 Å². The predicted molar refractivity (Wildman–Crippen MR) is 98.1 cm³/mol. The minimum atomic E-state index is -4.53. The first kappa shape index (κ1) is 19.2. The molecule has 0 unspecified atom stereocenters. The van der Waals surface area contributed by atoms with E-state index in [2.05, 4.69) is 26.6 Å². The van der Waals surface area contributed by atoms with Gasteiger partial charge in [-0.05, 0) is 35.9 Å². The Bertz CT molecular complexity index is 828. The standard InChI is InChI=1S/C14H12BrCl2N2O4P/c15-9-2-4-12(13(6-9)24(21,22)23)19-14(20)18-7-8-1-3-10(16)11(17)5-8/h1-6H,7H2,(H2,18,19,20)(H2,21,22,23). The van der Waals surface area contributed by atoms with Crippen molar-refractivity contribution in [2.45, 2.75) is 6.54 Å². The van der Waals surface area contributed by atoms with Gasteiger partial charge in [0.1, 0.15) is 0 Å². The summed E-state index contributed by atoms with van der Waals surface area (Å²) in [6.07, 6.45) is 0. The Morgan fingerprint density at radius 2 is 1.83 bits per heavy atom. The van der Waals surface area contributed by atoms with Crippen LogP contribution in [0.5, 0.6) is 0 Å². The molecule has 2 amide bonds. The van der Waals surface area contributed by atoms with Crippen LogP contribution in [0.2, 0.25) is 10.0 Å². The highest BCUT2D eigenvalue weighted by Crippen LogP contribution is 2.37. The van der Waals surface area contributed by atoms with Gasteiger partial charge < -0.3 is 20.4 Å². The maximum atomic E-state index is 12.0. The third kappa shape index (κ3) is 5.21. The molecule has 2 aromatic rings. The minimum absolute atomic E-state index is 0.0261. The van der Waals surface area contributed by atoms with Crippen LogP contribution in [0.15, 0.2) is 40.9 Å². The Balaban J connectivity index is 2.07. The number of carbonyl (C=O) groups is 1. The molecule has 0 aliphatic heterocycles. The number of urea groups is 1. The first-order valence-corrected chi connectivity index (χ1v) is 9.67. The van der Waals surface area contributed by atoms with Gasteiger partial charge in [-0.1, -0.05) is 45.2 Å². The van der Waals surface area contributed by atoms with Crippen LogP contribution in [0.3, 0.4) is 0 Å². The van der Waals surface area contributed by atoms with Crippen LogP contribution in [0, 0.1) is 0 Å². The van der Waals surface area contributed by atoms with Crippen molar-refractivity contribution in [2.24, 2.45) is 0 Å². The lowest BCUT2D eigenvalue weighted by Gasteiger charge is -2.13. The van der Waals surface area contributed by atoms with Gasteiger partial charge >= 0.3 is 13.6 Å². The average molecular weight is 454 g/mol. The Morgan fingerprint density at radius 3 is 2.46 bits per heavy atom. The van der Waals surface area contributed by atoms with E-state index in [-0.39, 0.29) is 17.5 Å². The topological polar surface area (TPSA) is 98.7 Å². The van der Waals surface area contributed by atoms with Gasteiger partial charge in [-0.3, -0.25) is 4.57 Å². The Labute approximate surface area is 156 Å². The normalized spacial score (nSPS) is 11.2. The van der Waals surface area contributed by atoms with Crippen molar-refractivity contribution >= 4 is 63.8 Å². The molecule has 2 rings (SSSR count). The predicted octanol–water partition coefficient (Wildman–Crippen LogP) is 3.88. The summed E-state index contributed by atoms with van der Waals surface area (Å²) in [6.45, 7) is 0.171. The summed E-state index contributed by atoms with van der Waals surface area (Å²) in [6, 6.07) is 8.54. The lowest BCUT2D eigenvalue weighted by atomic mass is 10.2. The second-order valence-corrected chi connectivity index (χ2v) is 8.06. The number of benzene rings is 2. The van der Waals surface area contributed by atoms with Crippen LogP contribution in [0.1, 0.15) is 5.56 Å². The molecule has 0 aliphatic carbocycles. The van der Waals surface area contributed by atoms with E-state index in [1.807, 2.05) is 0 Å². The molecule has 0 fully saturated rings. The van der Waals surface area contributed by atoms with E-state index in [1.54, 1.807) is 24.3 Å². The van der Waals surface area contributed by atoms with Gasteiger partial charge in [0, 0.05) is 11.0 Å². The van der Waals surface area contributed by atoms with Gasteiger partial charge in [-0.25, -0.2) is 4.79 Å². The molecule has 0 bridgehead atoms. The van der Waals surface area contributed by atoms with Crippen molar-refractivity contribution < 1.29 is 19.1 Å². The van der Waals surface area contributed by atoms with E-state index in [1.165, 1.54) is 12.1 Å². The van der Waals surface area contributed by atoms with Crippen LogP contribution < -0.4 is 15.9 Å². The minimum Gasteiger partial charge on any atom is -0.334 e. The highest BCUT2D eigenvalue weighted by Gasteiger charge is 2.23. The Hall–Kier alpha value is -1.08. The highest BCUT2D eigenvalue weighted by atomic mass is 79.9. The number of carbonyl (C=O) groups excluding carboxylic acids is 1.